The molecule has 0 N–H and O–H groups in total. The summed E-state index contributed by atoms with van der Waals surface area (Å²) >= 11 is 0. The number of likely N-dealkylation sites (tertiary alicyclic amines) is 1. The van der Waals surface area contributed by atoms with E-state index in [-0.39, 0.29) is 24.3 Å². The number of carbonyl (C=O) groups excluding carboxylic acids is 2. The van der Waals surface area contributed by atoms with Crippen LogP contribution in [-0.4, -0.2) is 41.2 Å². The predicted molar refractivity (Wildman–Crippen MR) is 115 cm³/mol. The first-order valence-corrected chi connectivity index (χ1v) is 10.2. The Hall–Kier alpha value is -3.06. The van der Waals surface area contributed by atoms with Gasteiger partial charge in [0.15, 0.2) is 0 Å². The second kappa shape index (κ2) is 9.93. The fraction of sp³-hybridized carbons (Fsp3) is 0.360. The van der Waals surface area contributed by atoms with E-state index in [4.69, 9.17) is 6.42 Å². The molecule has 2 aromatic rings. The summed E-state index contributed by atoms with van der Waals surface area (Å²) < 4.78 is 0. The van der Waals surface area contributed by atoms with Crippen molar-refractivity contribution in [3.05, 3.63) is 71.3 Å². The van der Waals surface area contributed by atoms with Gasteiger partial charge in [-0.2, -0.15) is 0 Å². The van der Waals surface area contributed by atoms with Crippen LogP contribution in [-0.2, 0) is 22.6 Å². The fourth-order valence-electron chi connectivity index (χ4n) is 3.78. The van der Waals surface area contributed by atoms with Crippen molar-refractivity contribution in [1.82, 2.24) is 9.80 Å². The number of rotatable bonds is 6. The second-order valence-corrected chi connectivity index (χ2v) is 7.73. The quantitative estimate of drug-likeness (QED) is 0.712. The van der Waals surface area contributed by atoms with E-state index in [0.717, 1.165) is 24.0 Å². The van der Waals surface area contributed by atoms with Gasteiger partial charge in [0, 0.05) is 19.6 Å². The van der Waals surface area contributed by atoms with Crippen LogP contribution in [0.5, 0.6) is 0 Å². The van der Waals surface area contributed by atoms with Crippen molar-refractivity contribution in [2.24, 2.45) is 5.92 Å². The molecule has 0 aliphatic carbocycles. The molecule has 1 atom stereocenters. The summed E-state index contributed by atoms with van der Waals surface area (Å²) in [7, 11) is 0. The molecule has 1 fully saturated rings. The van der Waals surface area contributed by atoms with Crippen LogP contribution in [0.4, 0.5) is 0 Å². The van der Waals surface area contributed by atoms with Gasteiger partial charge in [0.2, 0.25) is 11.8 Å². The minimum Gasteiger partial charge on any atom is -0.342 e. The highest BCUT2D eigenvalue weighted by Crippen LogP contribution is 2.21. The Morgan fingerprint density at radius 2 is 1.83 bits per heavy atom. The molecule has 3 rings (SSSR count). The topological polar surface area (TPSA) is 40.6 Å². The number of hydrogen-bond acceptors (Lipinski definition) is 2. The Balaban J connectivity index is 1.64. The molecule has 4 heteroatoms. The van der Waals surface area contributed by atoms with Crippen LogP contribution in [0.15, 0.2) is 54.6 Å². The van der Waals surface area contributed by atoms with E-state index in [1.165, 1.54) is 5.56 Å². The maximum atomic E-state index is 13.2. The van der Waals surface area contributed by atoms with Gasteiger partial charge in [-0.3, -0.25) is 9.59 Å². The molecule has 2 aromatic carbocycles. The molecule has 150 valence electrons. The molecule has 1 aliphatic heterocycles. The van der Waals surface area contributed by atoms with E-state index in [9.17, 15) is 9.59 Å². The first-order valence-electron chi connectivity index (χ1n) is 10.2. The normalized spacial score (nSPS) is 16.1. The van der Waals surface area contributed by atoms with Crippen molar-refractivity contribution in [3.63, 3.8) is 0 Å². The van der Waals surface area contributed by atoms with Crippen LogP contribution < -0.4 is 0 Å². The molecule has 0 saturated carbocycles. The number of nitrogens with zero attached hydrogens (tertiary/aromatic N) is 2. The molecule has 0 bridgehead atoms. The fourth-order valence-corrected chi connectivity index (χ4v) is 3.78. The highest BCUT2D eigenvalue weighted by atomic mass is 16.2. The molecule has 2 amide bonds. The highest BCUT2D eigenvalue weighted by molar-refractivity contribution is 5.82. The van der Waals surface area contributed by atoms with Gasteiger partial charge in [-0.25, -0.2) is 0 Å². The Morgan fingerprint density at radius 3 is 2.52 bits per heavy atom. The number of piperidine rings is 1. The average molecular weight is 389 g/mol. The van der Waals surface area contributed by atoms with E-state index < -0.39 is 0 Å². The molecule has 1 aliphatic rings. The summed E-state index contributed by atoms with van der Waals surface area (Å²) in [5.74, 6) is 2.54. The molecule has 0 aromatic heterocycles. The van der Waals surface area contributed by atoms with Gasteiger partial charge in [-0.1, -0.05) is 66.1 Å². The number of carbonyl (C=O) groups is 2. The van der Waals surface area contributed by atoms with Crippen LogP contribution in [0.1, 0.15) is 29.5 Å². The number of terminal acetylenes is 1. The third-order valence-corrected chi connectivity index (χ3v) is 5.41. The lowest BCUT2D eigenvalue weighted by Crippen LogP contribution is -2.47. The van der Waals surface area contributed by atoms with E-state index >= 15 is 0 Å². The van der Waals surface area contributed by atoms with Crippen LogP contribution in [0, 0.1) is 25.2 Å². The standard InChI is InChI=1S/C25H28N2O2/c1-3-15-27(18-22-13-11-20(2)12-14-22)25(29)23-10-7-16-26(19-23)24(28)17-21-8-5-4-6-9-21/h1,4-6,8-9,11-14,23H,7,10,15-19H2,2H3. The molecule has 0 spiro atoms. The highest BCUT2D eigenvalue weighted by Gasteiger charge is 2.31. The number of benzene rings is 2. The van der Waals surface area contributed by atoms with Crippen molar-refractivity contribution in [1.29, 1.82) is 0 Å². The minimum absolute atomic E-state index is 0.0423. The van der Waals surface area contributed by atoms with Gasteiger partial charge in [-0.05, 0) is 30.9 Å². The Bertz CT molecular complexity index is 868. The maximum absolute atomic E-state index is 13.2. The summed E-state index contributed by atoms with van der Waals surface area (Å²) in [6.45, 7) is 4.00. The Labute approximate surface area is 173 Å². The maximum Gasteiger partial charge on any atom is 0.228 e. The molecular weight excluding hydrogens is 360 g/mol. The average Bonchev–Trinajstić information content (AvgIpc) is 2.75. The molecule has 1 saturated heterocycles. The molecule has 0 radical (unpaired) electrons. The molecule has 29 heavy (non-hydrogen) atoms. The summed E-state index contributed by atoms with van der Waals surface area (Å²) in [5, 5.41) is 0. The number of aryl methyl sites for hydroxylation is 1. The lowest BCUT2D eigenvalue weighted by molar-refractivity contribution is -0.140. The zero-order valence-corrected chi connectivity index (χ0v) is 17.0. The van der Waals surface area contributed by atoms with Gasteiger partial charge in [0.1, 0.15) is 0 Å². The van der Waals surface area contributed by atoms with Crippen LogP contribution >= 0.6 is 0 Å². The predicted octanol–water partition coefficient (Wildman–Crippen LogP) is 3.44. The first kappa shape index (κ1) is 20.7. The van der Waals surface area contributed by atoms with Gasteiger partial charge in [0.25, 0.3) is 0 Å². The van der Waals surface area contributed by atoms with Gasteiger partial charge in [-0.15, -0.1) is 6.42 Å². The third-order valence-electron chi connectivity index (χ3n) is 5.41. The summed E-state index contributed by atoms with van der Waals surface area (Å²) in [4.78, 5) is 29.5. The van der Waals surface area contributed by atoms with Gasteiger partial charge < -0.3 is 9.80 Å². The molecule has 1 heterocycles. The summed E-state index contributed by atoms with van der Waals surface area (Å²) in [6.07, 6.45) is 7.53. The van der Waals surface area contributed by atoms with E-state index in [1.54, 1.807) is 4.90 Å². The largest absolute Gasteiger partial charge is 0.342 e. The van der Waals surface area contributed by atoms with Gasteiger partial charge in [0.05, 0.1) is 18.9 Å². The van der Waals surface area contributed by atoms with Crippen molar-refractivity contribution in [2.75, 3.05) is 19.6 Å². The van der Waals surface area contributed by atoms with Crippen molar-refractivity contribution in [3.8, 4) is 12.3 Å². The Kier molecular flexibility index (Phi) is 7.08. The monoisotopic (exact) mass is 388 g/mol. The van der Waals surface area contributed by atoms with Gasteiger partial charge >= 0.3 is 0 Å². The lowest BCUT2D eigenvalue weighted by atomic mass is 9.95. The van der Waals surface area contributed by atoms with E-state index in [0.29, 0.717) is 26.1 Å². The second-order valence-electron chi connectivity index (χ2n) is 7.73. The molecular formula is C25H28N2O2. The van der Waals surface area contributed by atoms with Crippen LogP contribution in [0.3, 0.4) is 0 Å². The zero-order chi connectivity index (χ0) is 20.6. The number of amides is 2. The number of hydrogen-bond donors (Lipinski definition) is 0. The van der Waals surface area contributed by atoms with Crippen LogP contribution in [0.2, 0.25) is 0 Å². The Morgan fingerprint density at radius 1 is 1.10 bits per heavy atom. The summed E-state index contributed by atoms with van der Waals surface area (Å²) in [6, 6.07) is 17.9. The molecule has 1 unspecified atom stereocenters. The smallest absolute Gasteiger partial charge is 0.228 e. The SMILES string of the molecule is C#CCN(Cc1ccc(C)cc1)C(=O)C1CCCN(C(=O)Cc2ccccc2)C1. The van der Waals surface area contributed by atoms with Crippen LogP contribution in [0.25, 0.3) is 0 Å². The van der Waals surface area contributed by atoms with E-state index in [2.05, 4.69) is 5.92 Å². The minimum atomic E-state index is -0.192. The van der Waals surface area contributed by atoms with Crippen molar-refractivity contribution >= 4 is 11.8 Å². The zero-order valence-electron chi connectivity index (χ0n) is 17.0. The lowest BCUT2D eigenvalue weighted by Gasteiger charge is -2.34. The van der Waals surface area contributed by atoms with Crippen molar-refractivity contribution in [2.45, 2.75) is 32.7 Å². The first-order chi connectivity index (χ1) is 14.1. The molecule has 4 nitrogen and oxygen atoms in total. The van der Waals surface area contributed by atoms with E-state index in [1.807, 2.05) is 66.4 Å². The summed E-state index contributed by atoms with van der Waals surface area (Å²) in [5.41, 5.74) is 3.25. The third kappa shape index (κ3) is 5.71. The van der Waals surface area contributed by atoms with Crippen molar-refractivity contribution < 1.29 is 9.59 Å².